The maximum atomic E-state index is 11.9. The minimum Gasteiger partial charge on any atom is -0.337 e. The smallest absolute Gasteiger partial charge is 0.254 e. The van der Waals surface area contributed by atoms with Crippen molar-refractivity contribution >= 4 is 5.91 Å². The molecule has 1 aliphatic carbocycles. The van der Waals surface area contributed by atoms with Crippen molar-refractivity contribution in [2.75, 3.05) is 20.1 Å². The van der Waals surface area contributed by atoms with E-state index in [2.05, 4.69) is 17.4 Å². The van der Waals surface area contributed by atoms with Gasteiger partial charge in [0, 0.05) is 44.1 Å². The number of carbonyl (C=O) groups is 1. The van der Waals surface area contributed by atoms with Crippen molar-refractivity contribution < 1.29 is 4.79 Å². The number of hydrogen-bond acceptors (Lipinski definition) is 2. The number of nitrogens with zero attached hydrogens (tertiary/aromatic N) is 1. The fourth-order valence-corrected chi connectivity index (χ4v) is 3.42. The first-order valence-electron chi connectivity index (χ1n) is 5.88. The monoisotopic (exact) mass is 214 g/mol. The predicted molar refractivity (Wildman–Crippen MR) is 60.6 cm³/mol. The second-order valence-electron chi connectivity index (χ2n) is 5.17. The van der Waals surface area contributed by atoms with Crippen LogP contribution in [0.2, 0.25) is 0 Å². The van der Waals surface area contributed by atoms with Gasteiger partial charge < -0.3 is 10.2 Å². The molecule has 0 bridgehead atoms. The molecule has 3 aliphatic rings. The number of fused-ring (bicyclic) bond motifs is 5. The van der Waals surface area contributed by atoms with Gasteiger partial charge in [0.2, 0.25) is 0 Å². The molecule has 0 radical (unpaired) electrons. The quantitative estimate of drug-likeness (QED) is 0.700. The van der Waals surface area contributed by atoms with Crippen molar-refractivity contribution in [3.63, 3.8) is 0 Å². The van der Waals surface area contributed by atoms with Gasteiger partial charge in [-0.3, -0.25) is 4.79 Å². The van der Waals surface area contributed by atoms with Crippen LogP contribution in [0.3, 0.4) is 0 Å². The molecule has 1 fully saturated rings. The third kappa shape index (κ3) is 0.861. The molecule has 16 heavy (non-hydrogen) atoms. The molecule has 2 atom stereocenters. The minimum absolute atomic E-state index is 0.187. The van der Waals surface area contributed by atoms with Crippen molar-refractivity contribution in [3.8, 4) is 0 Å². The number of nitrogens with one attached hydrogen (secondary N) is 1. The van der Waals surface area contributed by atoms with Crippen LogP contribution in [0.25, 0.3) is 0 Å². The van der Waals surface area contributed by atoms with Gasteiger partial charge in [-0.25, -0.2) is 0 Å². The zero-order valence-electron chi connectivity index (χ0n) is 9.29. The number of hydrogen-bond donors (Lipinski definition) is 1. The predicted octanol–water partition coefficient (Wildman–Crippen LogP) is 1.06. The Morgan fingerprint density at radius 1 is 1.25 bits per heavy atom. The highest BCUT2D eigenvalue weighted by Gasteiger charge is 2.42. The summed E-state index contributed by atoms with van der Waals surface area (Å²) in [5.74, 6) is 1.56. The average molecular weight is 214 g/mol. The van der Waals surface area contributed by atoms with Gasteiger partial charge >= 0.3 is 0 Å². The third-order valence-corrected chi connectivity index (χ3v) is 4.31. The molecule has 1 aromatic carbocycles. The molecule has 4 rings (SSSR count). The Bertz CT molecular complexity index is 509. The maximum absolute atomic E-state index is 11.9. The molecular weight excluding hydrogens is 200 g/mol. The van der Waals surface area contributed by atoms with Gasteiger partial charge in [0.05, 0.1) is 0 Å². The molecule has 1 saturated heterocycles. The van der Waals surface area contributed by atoms with E-state index in [1.807, 2.05) is 7.05 Å². The molecule has 82 valence electrons. The molecule has 1 aromatic rings. The van der Waals surface area contributed by atoms with Gasteiger partial charge in [-0.05, 0) is 22.8 Å². The first kappa shape index (κ1) is 8.76. The van der Waals surface area contributed by atoms with E-state index in [0.717, 1.165) is 25.2 Å². The van der Waals surface area contributed by atoms with Crippen molar-refractivity contribution in [2.45, 2.75) is 18.4 Å². The lowest BCUT2D eigenvalue weighted by Crippen LogP contribution is -2.23. The van der Waals surface area contributed by atoms with Gasteiger partial charge in [-0.15, -0.1) is 0 Å². The molecule has 0 saturated carbocycles. The Morgan fingerprint density at radius 3 is 2.69 bits per heavy atom. The van der Waals surface area contributed by atoms with Gasteiger partial charge in [0.1, 0.15) is 0 Å². The lowest BCUT2D eigenvalue weighted by molar-refractivity contribution is 0.0816. The van der Waals surface area contributed by atoms with Gasteiger partial charge in [-0.2, -0.15) is 0 Å². The normalized spacial score (nSPS) is 29.8. The summed E-state index contributed by atoms with van der Waals surface area (Å²) in [6, 6.07) is 4.41. The second-order valence-corrected chi connectivity index (χ2v) is 5.17. The van der Waals surface area contributed by atoms with E-state index in [-0.39, 0.29) is 5.91 Å². The highest BCUT2D eigenvalue weighted by atomic mass is 16.2. The van der Waals surface area contributed by atoms with Crippen LogP contribution in [0.5, 0.6) is 0 Å². The van der Waals surface area contributed by atoms with E-state index in [1.165, 1.54) is 16.7 Å². The van der Waals surface area contributed by atoms with Crippen molar-refractivity contribution in [1.29, 1.82) is 0 Å². The summed E-state index contributed by atoms with van der Waals surface area (Å²) in [6.45, 7) is 2.98. The molecule has 1 amide bonds. The fourth-order valence-electron chi connectivity index (χ4n) is 3.42. The Kier molecular flexibility index (Phi) is 1.46. The van der Waals surface area contributed by atoms with Crippen molar-refractivity contribution in [1.82, 2.24) is 10.2 Å². The molecule has 3 heteroatoms. The Balaban J connectivity index is 1.87. The van der Waals surface area contributed by atoms with Crippen LogP contribution >= 0.6 is 0 Å². The van der Waals surface area contributed by atoms with E-state index >= 15 is 0 Å². The standard InChI is InChI=1S/C13H14N2O/c1-15-6-7-2-9-10(3-8(7)13(15)16)12-5-14-4-11(9)12/h2-3,11-12,14H,4-6H2,1H3. The van der Waals surface area contributed by atoms with E-state index in [1.54, 1.807) is 4.90 Å². The highest BCUT2D eigenvalue weighted by molar-refractivity contribution is 5.98. The molecular formula is C13H14N2O. The van der Waals surface area contributed by atoms with Gasteiger partial charge in [0.25, 0.3) is 5.91 Å². The molecule has 2 heterocycles. The number of benzene rings is 1. The molecule has 3 nitrogen and oxygen atoms in total. The molecule has 0 spiro atoms. The third-order valence-electron chi connectivity index (χ3n) is 4.31. The summed E-state index contributed by atoms with van der Waals surface area (Å²) in [6.07, 6.45) is 0. The zero-order chi connectivity index (χ0) is 10.9. The molecule has 2 unspecified atom stereocenters. The van der Waals surface area contributed by atoms with Crippen LogP contribution < -0.4 is 5.32 Å². The van der Waals surface area contributed by atoms with Crippen LogP contribution in [0.4, 0.5) is 0 Å². The Hall–Kier alpha value is -1.35. The SMILES string of the molecule is CN1Cc2cc3c(cc2C1=O)C1CNCC31. The van der Waals surface area contributed by atoms with Crippen LogP contribution in [0.15, 0.2) is 12.1 Å². The van der Waals surface area contributed by atoms with Crippen LogP contribution in [-0.2, 0) is 6.54 Å². The lowest BCUT2D eigenvalue weighted by Gasteiger charge is -2.34. The lowest BCUT2D eigenvalue weighted by atomic mass is 9.69. The zero-order valence-corrected chi connectivity index (χ0v) is 9.29. The minimum atomic E-state index is 0.187. The Labute approximate surface area is 94.4 Å². The molecule has 0 aromatic heterocycles. The highest BCUT2D eigenvalue weighted by Crippen LogP contribution is 2.50. The fraction of sp³-hybridized carbons (Fsp3) is 0.462. The number of carbonyl (C=O) groups excluding carboxylic acids is 1. The van der Waals surface area contributed by atoms with Crippen molar-refractivity contribution in [2.24, 2.45) is 0 Å². The van der Waals surface area contributed by atoms with E-state index in [4.69, 9.17) is 0 Å². The maximum Gasteiger partial charge on any atom is 0.254 e. The van der Waals surface area contributed by atoms with Crippen LogP contribution in [0.1, 0.15) is 38.9 Å². The summed E-state index contributed by atoms with van der Waals surface area (Å²) < 4.78 is 0. The first-order chi connectivity index (χ1) is 7.75. The topological polar surface area (TPSA) is 32.3 Å². The van der Waals surface area contributed by atoms with Gasteiger partial charge in [-0.1, -0.05) is 6.07 Å². The second kappa shape index (κ2) is 2.66. The summed E-state index contributed by atoms with van der Waals surface area (Å²) in [5, 5.41) is 3.43. The first-order valence-corrected chi connectivity index (χ1v) is 5.88. The summed E-state index contributed by atoms with van der Waals surface area (Å²) >= 11 is 0. The van der Waals surface area contributed by atoms with Crippen molar-refractivity contribution in [3.05, 3.63) is 34.4 Å². The van der Waals surface area contributed by atoms with E-state index < -0.39 is 0 Å². The summed E-state index contributed by atoms with van der Waals surface area (Å²) in [5.41, 5.74) is 5.05. The summed E-state index contributed by atoms with van der Waals surface area (Å²) in [4.78, 5) is 13.7. The number of rotatable bonds is 0. The summed E-state index contributed by atoms with van der Waals surface area (Å²) in [7, 11) is 1.88. The largest absolute Gasteiger partial charge is 0.337 e. The number of amides is 1. The Morgan fingerprint density at radius 2 is 1.94 bits per heavy atom. The van der Waals surface area contributed by atoms with Crippen LogP contribution in [0, 0.1) is 0 Å². The van der Waals surface area contributed by atoms with E-state index in [0.29, 0.717) is 11.8 Å². The van der Waals surface area contributed by atoms with Gasteiger partial charge in [0.15, 0.2) is 0 Å². The molecule has 2 aliphatic heterocycles. The average Bonchev–Trinajstić information content (AvgIpc) is 2.79. The molecule has 1 N–H and O–H groups in total. The van der Waals surface area contributed by atoms with Crippen LogP contribution in [-0.4, -0.2) is 30.9 Å². The van der Waals surface area contributed by atoms with E-state index in [9.17, 15) is 4.79 Å².